The largest absolute Gasteiger partial charge is 0.265 e. The van der Waals surface area contributed by atoms with Gasteiger partial charge >= 0.3 is 0 Å². The molecule has 1 aliphatic carbocycles. The Bertz CT molecular complexity index is 1110. The van der Waals surface area contributed by atoms with Crippen LogP contribution in [0.15, 0.2) is 78.6 Å². The van der Waals surface area contributed by atoms with Gasteiger partial charge in [0.25, 0.3) is 0 Å². The Balaban J connectivity index is 1.72. The van der Waals surface area contributed by atoms with Crippen molar-refractivity contribution in [1.82, 2.24) is 9.97 Å². The van der Waals surface area contributed by atoms with E-state index in [1.54, 1.807) is 23.6 Å². The van der Waals surface area contributed by atoms with E-state index in [9.17, 15) is 4.39 Å². The molecule has 0 saturated carbocycles. The van der Waals surface area contributed by atoms with Crippen LogP contribution in [-0.2, 0) is 18.3 Å². The summed E-state index contributed by atoms with van der Waals surface area (Å²) in [6.07, 6.45) is 6.81. The minimum absolute atomic E-state index is 0.221. The van der Waals surface area contributed by atoms with Gasteiger partial charge in [0.2, 0.25) is 5.95 Å². The molecule has 0 fully saturated rings. The molecule has 132 valence electrons. The predicted molar refractivity (Wildman–Crippen MR) is 106 cm³/mol. The van der Waals surface area contributed by atoms with E-state index in [0.717, 1.165) is 18.4 Å². The molecule has 0 bridgehead atoms. The monoisotopic (exact) mass is 372 g/mol. The number of halogens is 1. The van der Waals surface area contributed by atoms with E-state index < -0.39 is 5.95 Å². The highest BCUT2D eigenvalue weighted by atomic mass is 32.1. The van der Waals surface area contributed by atoms with Crippen LogP contribution in [0.4, 0.5) is 4.39 Å². The molecular weight excluding hydrogens is 355 g/mol. The van der Waals surface area contributed by atoms with Crippen LogP contribution in [0.2, 0.25) is 0 Å². The molecule has 4 heteroatoms. The zero-order valence-electron chi connectivity index (χ0n) is 14.6. The van der Waals surface area contributed by atoms with Gasteiger partial charge < -0.3 is 0 Å². The van der Waals surface area contributed by atoms with Crippen molar-refractivity contribution in [3.05, 3.63) is 107 Å². The van der Waals surface area contributed by atoms with Gasteiger partial charge in [-0.15, -0.1) is 11.3 Å². The predicted octanol–water partition coefficient (Wildman–Crippen LogP) is 5.43. The molecule has 5 rings (SSSR count). The number of hydrogen-bond donors (Lipinski definition) is 0. The maximum Gasteiger partial charge on any atom is 0.213 e. The van der Waals surface area contributed by atoms with Crippen LogP contribution in [0.1, 0.15) is 22.3 Å². The zero-order valence-corrected chi connectivity index (χ0v) is 15.4. The maximum absolute atomic E-state index is 13.8. The molecule has 0 radical (unpaired) electrons. The highest BCUT2D eigenvalue weighted by Crippen LogP contribution is 2.54. The summed E-state index contributed by atoms with van der Waals surface area (Å²) in [5.74, 6) is -0.427. The minimum atomic E-state index is -0.427. The third-order valence-electron chi connectivity index (χ3n) is 5.42. The average Bonchev–Trinajstić information content (AvgIpc) is 3.26. The molecular formula is C23H17FN2S. The first-order chi connectivity index (χ1) is 13.3. The lowest BCUT2D eigenvalue weighted by Gasteiger charge is -2.32. The van der Waals surface area contributed by atoms with Gasteiger partial charge in [0.05, 0.1) is 0 Å². The van der Waals surface area contributed by atoms with Crippen LogP contribution in [0.3, 0.4) is 0 Å². The number of rotatable bonds is 4. The van der Waals surface area contributed by atoms with Crippen LogP contribution in [-0.4, -0.2) is 9.97 Å². The number of thiophene rings is 1. The summed E-state index contributed by atoms with van der Waals surface area (Å²) in [6, 6.07) is 18.5. The van der Waals surface area contributed by atoms with Crippen LogP contribution in [0.5, 0.6) is 0 Å². The third kappa shape index (κ3) is 2.68. The smallest absolute Gasteiger partial charge is 0.213 e. The standard InChI is InChI=1S/C23H17FN2S/c24-21-13-17(7-11-26-21)15-23(14-16-5-9-25-10-6-16)19-4-2-1-3-18(19)22-20(23)8-12-27-22/h1-13H,14-15H2. The molecule has 1 atom stereocenters. The fourth-order valence-electron chi connectivity index (χ4n) is 4.33. The van der Waals surface area contributed by atoms with Crippen LogP contribution in [0.25, 0.3) is 10.4 Å². The Morgan fingerprint density at radius 3 is 2.48 bits per heavy atom. The molecule has 0 N–H and O–H groups in total. The van der Waals surface area contributed by atoms with Gasteiger partial charge in [-0.1, -0.05) is 24.3 Å². The van der Waals surface area contributed by atoms with Gasteiger partial charge in [-0.05, 0) is 76.4 Å². The van der Waals surface area contributed by atoms with E-state index in [4.69, 9.17) is 0 Å². The molecule has 1 unspecified atom stereocenters. The fourth-order valence-corrected chi connectivity index (χ4v) is 5.37. The van der Waals surface area contributed by atoms with E-state index in [2.05, 4.69) is 57.8 Å². The van der Waals surface area contributed by atoms with Gasteiger partial charge in [0, 0.05) is 28.9 Å². The summed E-state index contributed by atoms with van der Waals surface area (Å²) >= 11 is 1.78. The quantitative estimate of drug-likeness (QED) is 0.447. The number of hydrogen-bond acceptors (Lipinski definition) is 3. The van der Waals surface area contributed by atoms with Crippen LogP contribution >= 0.6 is 11.3 Å². The second-order valence-electron chi connectivity index (χ2n) is 6.99. The second kappa shape index (κ2) is 6.39. The fraction of sp³-hybridized carbons (Fsp3) is 0.130. The van der Waals surface area contributed by atoms with E-state index >= 15 is 0 Å². The first-order valence-electron chi connectivity index (χ1n) is 8.93. The Labute approximate surface area is 161 Å². The molecule has 27 heavy (non-hydrogen) atoms. The molecule has 3 heterocycles. The molecule has 1 aliphatic rings. The first-order valence-corrected chi connectivity index (χ1v) is 9.81. The summed E-state index contributed by atoms with van der Waals surface area (Å²) in [7, 11) is 0. The average molecular weight is 372 g/mol. The third-order valence-corrected chi connectivity index (χ3v) is 6.37. The number of fused-ring (bicyclic) bond motifs is 3. The second-order valence-corrected chi connectivity index (χ2v) is 7.90. The van der Waals surface area contributed by atoms with E-state index in [0.29, 0.717) is 0 Å². The lowest BCUT2D eigenvalue weighted by Crippen LogP contribution is -2.31. The van der Waals surface area contributed by atoms with Crippen molar-refractivity contribution in [3.8, 4) is 10.4 Å². The molecule has 4 aromatic rings. The van der Waals surface area contributed by atoms with Crippen LogP contribution < -0.4 is 0 Å². The van der Waals surface area contributed by atoms with E-state index in [1.165, 1.54) is 27.1 Å². The molecule has 0 spiro atoms. The van der Waals surface area contributed by atoms with Gasteiger partial charge in [-0.25, -0.2) is 4.98 Å². The summed E-state index contributed by atoms with van der Waals surface area (Å²) in [6.45, 7) is 0. The maximum atomic E-state index is 13.8. The van der Waals surface area contributed by atoms with Crippen LogP contribution in [0, 0.1) is 5.95 Å². The van der Waals surface area contributed by atoms with Crippen molar-refractivity contribution in [1.29, 1.82) is 0 Å². The van der Waals surface area contributed by atoms with E-state index in [1.807, 2.05) is 18.5 Å². The summed E-state index contributed by atoms with van der Waals surface area (Å²) < 4.78 is 13.8. The van der Waals surface area contributed by atoms with Crippen molar-refractivity contribution >= 4 is 11.3 Å². The number of pyridine rings is 2. The molecule has 3 aromatic heterocycles. The molecule has 2 nitrogen and oxygen atoms in total. The summed E-state index contributed by atoms with van der Waals surface area (Å²) in [5, 5.41) is 2.16. The van der Waals surface area contributed by atoms with Gasteiger partial charge in [0.1, 0.15) is 0 Å². The lowest BCUT2D eigenvalue weighted by atomic mass is 9.70. The van der Waals surface area contributed by atoms with Crippen molar-refractivity contribution in [3.63, 3.8) is 0 Å². The van der Waals surface area contributed by atoms with E-state index in [-0.39, 0.29) is 5.41 Å². The van der Waals surface area contributed by atoms with Crippen molar-refractivity contribution in [2.75, 3.05) is 0 Å². The minimum Gasteiger partial charge on any atom is -0.265 e. The Kier molecular flexibility index (Phi) is 3.87. The Hall–Kier alpha value is -2.85. The molecule has 1 aromatic carbocycles. The topological polar surface area (TPSA) is 25.8 Å². The van der Waals surface area contributed by atoms with Gasteiger partial charge in [-0.2, -0.15) is 4.39 Å². The van der Waals surface area contributed by atoms with Gasteiger partial charge in [0.15, 0.2) is 0 Å². The number of benzene rings is 1. The highest BCUT2D eigenvalue weighted by molar-refractivity contribution is 7.14. The highest BCUT2D eigenvalue weighted by Gasteiger charge is 2.44. The summed E-state index contributed by atoms with van der Waals surface area (Å²) in [4.78, 5) is 9.22. The lowest BCUT2D eigenvalue weighted by molar-refractivity contribution is 0.515. The van der Waals surface area contributed by atoms with Gasteiger partial charge in [-0.3, -0.25) is 4.98 Å². The zero-order chi connectivity index (χ0) is 18.3. The molecule has 0 aliphatic heterocycles. The normalized spacial score (nSPS) is 17.5. The number of nitrogens with zero attached hydrogens (tertiary/aromatic N) is 2. The first kappa shape index (κ1) is 16.3. The van der Waals surface area contributed by atoms with Crippen molar-refractivity contribution in [2.24, 2.45) is 0 Å². The molecule has 0 saturated heterocycles. The van der Waals surface area contributed by atoms with Crippen molar-refractivity contribution < 1.29 is 4.39 Å². The van der Waals surface area contributed by atoms with Crippen molar-refractivity contribution in [2.45, 2.75) is 18.3 Å². The Morgan fingerprint density at radius 2 is 1.63 bits per heavy atom. The number of aromatic nitrogens is 2. The Morgan fingerprint density at radius 1 is 0.852 bits per heavy atom. The summed E-state index contributed by atoms with van der Waals surface area (Å²) in [5.41, 5.74) is 5.93. The SMILES string of the molecule is Fc1cc(CC2(Cc3ccncc3)c3ccccc3-c3sccc32)ccn1. The molecule has 0 amide bonds.